The Kier molecular flexibility index (Phi) is 6.73. The number of rotatable bonds is 6. The number of furan rings is 1. The molecule has 4 heterocycles. The third kappa shape index (κ3) is 4.82. The molecule has 2 fully saturated rings. The first-order valence-electron chi connectivity index (χ1n) is 10.9. The first-order chi connectivity index (χ1) is 16.1. The maximum Gasteiger partial charge on any atom is 0.170 e. The molecule has 0 aliphatic carbocycles. The van der Waals surface area contributed by atoms with Crippen molar-refractivity contribution in [2.24, 2.45) is 0 Å². The number of morpholine rings is 1. The summed E-state index contributed by atoms with van der Waals surface area (Å²) in [5.74, 6) is 1.15. The largest absolute Gasteiger partial charge is 0.459 e. The molecule has 6 nitrogen and oxygen atoms in total. The third-order valence-corrected chi connectivity index (χ3v) is 7.08. The number of hydrogen-bond acceptors (Lipinski definition) is 5. The van der Waals surface area contributed by atoms with Crippen LogP contribution in [0.25, 0.3) is 11.3 Å². The van der Waals surface area contributed by atoms with Crippen molar-refractivity contribution in [1.29, 1.82) is 0 Å². The summed E-state index contributed by atoms with van der Waals surface area (Å²) in [7, 11) is 0. The normalized spacial score (nSPS) is 21.4. The van der Waals surface area contributed by atoms with Gasteiger partial charge in [0.15, 0.2) is 5.11 Å². The minimum absolute atomic E-state index is 0.140. The second-order valence-corrected chi connectivity index (χ2v) is 9.34. The first kappa shape index (κ1) is 22.5. The zero-order valence-electron chi connectivity index (χ0n) is 17.9. The van der Waals surface area contributed by atoms with Crippen LogP contribution in [0, 0.1) is 5.82 Å². The number of pyridine rings is 1. The van der Waals surface area contributed by atoms with E-state index in [2.05, 4.69) is 36.0 Å². The van der Waals surface area contributed by atoms with Crippen molar-refractivity contribution < 1.29 is 13.5 Å². The number of hydrogen-bond donors (Lipinski definition) is 1. The molecule has 3 aromatic rings. The summed E-state index contributed by atoms with van der Waals surface area (Å²) in [5.41, 5.74) is 1.70. The molecule has 9 heteroatoms. The smallest absolute Gasteiger partial charge is 0.170 e. The number of thiocarbonyl (C=S) groups is 1. The van der Waals surface area contributed by atoms with Crippen molar-refractivity contribution in [2.45, 2.75) is 12.1 Å². The average molecular weight is 531 g/mol. The van der Waals surface area contributed by atoms with Gasteiger partial charge >= 0.3 is 0 Å². The topological polar surface area (TPSA) is 53.8 Å². The van der Waals surface area contributed by atoms with E-state index in [1.807, 2.05) is 30.3 Å². The van der Waals surface area contributed by atoms with E-state index in [1.165, 1.54) is 12.1 Å². The Hall–Kier alpha value is -2.33. The van der Waals surface area contributed by atoms with Crippen LogP contribution < -0.4 is 5.32 Å². The Labute approximate surface area is 205 Å². The number of nitrogens with zero attached hydrogens (tertiary/aromatic N) is 3. The Balaban J connectivity index is 1.45. The Morgan fingerprint density at radius 2 is 1.97 bits per heavy atom. The first-order valence-corrected chi connectivity index (χ1v) is 12.1. The van der Waals surface area contributed by atoms with Gasteiger partial charge in [0, 0.05) is 42.4 Å². The second-order valence-electron chi connectivity index (χ2n) is 8.10. The fourth-order valence-electron chi connectivity index (χ4n) is 4.38. The van der Waals surface area contributed by atoms with E-state index in [9.17, 15) is 4.39 Å². The Bertz CT molecular complexity index is 1120. The molecular weight excluding hydrogens is 507 g/mol. The maximum atomic E-state index is 13.6. The zero-order chi connectivity index (χ0) is 22.8. The number of ether oxygens (including phenoxy) is 1. The van der Waals surface area contributed by atoms with Crippen LogP contribution in [0.5, 0.6) is 0 Å². The van der Waals surface area contributed by atoms with Gasteiger partial charge in [0.1, 0.15) is 23.4 Å². The van der Waals surface area contributed by atoms with Gasteiger partial charge in [0.05, 0.1) is 24.9 Å². The molecule has 0 bridgehead atoms. The molecule has 2 atom stereocenters. The van der Waals surface area contributed by atoms with Crippen molar-refractivity contribution in [3.05, 3.63) is 76.5 Å². The fourth-order valence-corrected chi connectivity index (χ4v) is 5.25. The molecule has 0 amide bonds. The lowest BCUT2D eigenvalue weighted by Crippen LogP contribution is -2.42. The molecule has 2 aliphatic rings. The highest BCUT2D eigenvalue weighted by atomic mass is 79.9. The van der Waals surface area contributed by atoms with Crippen molar-refractivity contribution in [2.75, 3.05) is 39.4 Å². The van der Waals surface area contributed by atoms with Crippen LogP contribution in [-0.4, -0.2) is 59.3 Å². The van der Waals surface area contributed by atoms with Gasteiger partial charge in [-0.2, -0.15) is 0 Å². The molecule has 2 aliphatic heterocycles. The highest BCUT2D eigenvalue weighted by Gasteiger charge is 2.41. The van der Waals surface area contributed by atoms with Gasteiger partial charge in [-0.15, -0.1) is 0 Å². The molecule has 1 aromatic carbocycles. The maximum absolute atomic E-state index is 13.6. The quantitative estimate of drug-likeness (QED) is 0.469. The summed E-state index contributed by atoms with van der Waals surface area (Å²) in [6.07, 6.45) is 1.79. The minimum Gasteiger partial charge on any atom is -0.459 e. The number of aromatic nitrogens is 1. The van der Waals surface area contributed by atoms with Crippen molar-refractivity contribution in [1.82, 2.24) is 20.1 Å². The number of nitrogens with one attached hydrogen (secondary N) is 1. The van der Waals surface area contributed by atoms with E-state index in [1.54, 1.807) is 12.3 Å². The molecule has 172 valence electrons. The molecule has 2 aromatic heterocycles. The van der Waals surface area contributed by atoms with Crippen molar-refractivity contribution in [3.8, 4) is 11.3 Å². The molecule has 0 radical (unpaired) electrons. The van der Waals surface area contributed by atoms with E-state index in [0.717, 1.165) is 56.4 Å². The van der Waals surface area contributed by atoms with Gasteiger partial charge in [-0.3, -0.25) is 9.88 Å². The monoisotopic (exact) mass is 530 g/mol. The highest BCUT2D eigenvalue weighted by Crippen LogP contribution is 2.41. The summed E-state index contributed by atoms with van der Waals surface area (Å²) in [6, 6.07) is 14.1. The van der Waals surface area contributed by atoms with E-state index in [-0.39, 0.29) is 17.9 Å². The number of benzene rings is 1. The van der Waals surface area contributed by atoms with Gasteiger partial charge in [-0.1, -0.05) is 6.07 Å². The SMILES string of the molecule is Fc1ccc(-c2ccc([C@@H]3[C@@H](c4ccccn4)NC(=S)N3CCN3CCOCC3)o2)c(Br)c1. The molecule has 5 rings (SSSR count). The van der Waals surface area contributed by atoms with Crippen LogP contribution >= 0.6 is 28.1 Å². The van der Waals surface area contributed by atoms with E-state index >= 15 is 0 Å². The summed E-state index contributed by atoms with van der Waals surface area (Å²) in [4.78, 5) is 9.15. The second kappa shape index (κ2) is 9.89. The molecule has 0 unspecified atom stereocenters. The Morgan fingerprint density at radius 1 is 1.12 bits per heavy atom. The van der Waals surface area contributed by atoms with Crippen LogP contribution in [0.4, 0.5) is 4.39 Å². The van der Waals surface area contributed by atoms with E-state index in [0.29, 0.717) is 15.3 Å². The average Bonchev–Trinajstić information content (AvgIpc) is 3.43. The summed E-state index contributed by atoms with van der Waals surface area (Å²) in [6.45, 7) is 5.01. The number of halogens is 2. The van der Waals surface area contributed by atoms with Crippen LogP contribution in [0.15, 0.2) is 63.6 Å². The van der Waals surface area contributed by atoms with Gasteiger partial charge in [-0.05, 0) is 70.6 Å². The lowest BCUT2D eigenvalue weighted by Gasteiger charge is -2.31. The van der Waals surface area contributed by atoms with Crippen LogP contribution in [0.3, 0.4) is 0 Å². The third-order valence-electron chi connectivity index (χ3n) is 6.07. The lowest BCUT2D eigenvalue weighted by atomic mass is 10.0. The summed E-state index contributed by atoms with van der Waals surface area (Å²) in [5, 5.41) is 4.14. The van der Waals surface area contributed by atoms with Crippen LogP contribution in [0.1, 0.15) is 23.5 Å². The van der Waals surface area contributed by atoms with Gasteiger partial charge in [0.2, 0.25) is 0 Å². The van der Waals surface area contributed by atoms with Gasteiger partial charge in [-0.25, -0.2) is 4.39 Å². The van der Waals surface area contributed by atoms with Crippen molar-refractivity contribution >= 4 is 33.3 Å². The lowest BCUT2D eigenvalue weighted by molar-refractivity contribution is 0.0347. The highest BCUT2D eigenvalue weighted by molar-refractivity contribution is 9.10. The fraction of sp³-hybridized carbons (Fsp3) is 0.333. The molecule has 1 N–H and O–H groups in total. The Morgan fingerprint density at radius 3 is 2.73 bits per heavy atom. The molecular formula is C24H24BrFN4O2S. The van der Waals surface area contributed by atoms with Gasteiger partial charge in [0.25, 0.3) is 0 Å². The zero-order valence-corrected chi connectivity index (χ0v) is 20.3. The minimum atomic E-state index is -0.299. The standard InChI is InChI=1S/C24H24BrFN4O2S/c25-18-15-16(26)4-5-17(18)20-6-7-21(32-20)23-22(19-3-1-2-8-27-19)28-24(33)30(23)10-9-29-11-13-31-14-12-29/h1-8,15,22-23H,9-14H2,(H,28,33)/t22-,23-/m1/s1. The summed E-state index contributed by atoms with van der Waals surface area (Å²) >= 11 is 9.20. The van der Waals surface area contributed by atoms with Crippen molar-refractivity contribution in [3.63, 3.8) is 0 Å². The van der Waals surface area contributed by atoms with Crippen LogP contribution in [0.2, 0.25) is 0 Å². The molecule has 2 saturated heterocycles. The van der Waals surface area contributed by atoms with E-state index in [4.69, 9.17) is 21.4 Å². The molecule has 0 saturated carbocycles. The molecule has 0 spiro atoms. The summed E-state index contributed by atoms with van der Waals surface area (Å²) < 4.78 is 26.0. The molecule has 33 heavy (non-hydrogen) atoms. The van der Waals surface area contributed by atoms with Crippen LogP contribution in [-0.2, 0) is 4.74 Å². The predicted molar refractivity (Wildman–Crippen MR) is 131 cm³/mol. The van der Waals surface area contributed by atoms with E-state index < -0.39 is 0 Å². The van der Waals surface area contributed by atoms with Gasteiger partial charge < -0.3 is 19.4 Å². The predicted octanol–water partition coefficient (Wildman–Crippen LogP) is 4.55.